The standard InChI is InChI=1S/C25H29N5O3/c31-23-12-19(17-33-25-26-8-3-9-27-25)16-30(23)15-18-6-10-29(11-7-18)24(32)13-20-14-28-22-5-2-1-4-21(20)22/h1-5,8-9,14,18-19,28H,6-7,10-13,15-17H2. The zero-order valence-electron chi connectivity index (χ0n) is 18.7. The number of nitrogens with one attached hydrogen (secondary N) is 1. The first kappa shape index (κ1) is 21.4. The molecule has 33 heavy (non-hydrogen) atoms. The number of hydrogen-bond acceptors (Lipinski definition) is 5. The van der Waals surface area contributed by atoms with E-state index < -0.39 is 0 Å². The van der Waals surface area contributed by atoms with Gasteiger partial charge in [0, 0.05) is 68.0 Å². The van der Waals surface area contributed by atoms with Crippen LogP contribution in [0.4, 0.5) is 0 Å². The third-order valence-corrected chi connectivity index (χ3v) is 6.75. The van der Waals surface area contributed by atoms with Gasteiger partial charge in [0.1, 0.15) is 0 Å². The van der Waals surface area contributed by atoms with Crippen LogP contribution in [0.2, 0.25) is 0 Å². The summed E-state index contributed by atoms with van der Waals surface area (Å²) >= 11 is 0. The second-order valence-corrected chi connectivity index (χ2v) is 9.07. The molecule has 1 unspecified atom stereocenters. The third kappa shape index (κ3) is 4.99. The fourth-order valence-electron chi connectivity index (χ4n) is 4.92. The molecule has 2 aliphatic heterocycles. The van der Waals surface area contributed by atoms with Crippen molar-refractivity contribution in [2.75, 3.05) is 32.8 Å². The molecule has 4 heterocycles. The van der Waals surface area contributed by atoms with Crippen LogP contribution in [0.15, 0.2) is 48.9 Å². The van der Waals surface area contributed by atoms with Gasteiger partial charge >= 0.3 is 6.01 Å². The van der Waals surface area contributed by atoms with E-state index in [1.54, 1.807) is 18.5 Å². The Kier molecular flexibility index (Phi) is 6.24. The maximum atomic E-state index is 12.9. The van der Waals surface area contributed by atoms with E-state index in [-0.39, 0.29) is 17.7 Å². The predicted molar refractivity (Wildman–Crippen MR) is 124 cm³/mol. The number of carbonyl (C=O) groups excluding carboxylic acids is 2. The third-order valence-electron chi connectivity index (χ3n) is 6.75. The van der Waals surface area contributed by atoms with Crippen molar-refractivity contribution in [3.05, 3.63) is 54.5 Å². The highest BCUT2D eigenvalue weighted by molar-refractivity contribution is 5.88. The highest BCUT2D eigenvalue weighted by Crippen LogP contribution is 2.25. The number of aromatic nitrogens is 3. The van der Waals surface area contributed by atoms with E-state index in [9.17, 15) is 9.59 Å². The molecule has 2 aromatic heterocycles. The molecule has 3 aromatic rings. The number of fused-ring (bicyclic) bond motifs is 1. The van der Waals surface area contributed by atoms with E-state index >= 15 is 0 Å². The summed E-state index contributed by atoms with van der Waals surface area (Å²) < 4.78 is 5.64. The lowest BCUT2D eigenvalue weighted by Crippen LogP contribution is -2.42. The zero-order chi connectivity index (χ0) is 22.6. The van der Waals surface area contributed by atoms with Gasteiger partial charge in [0.05, 0.1) is 13.0 Å². The summed E-state index contributed by atoms with van der Waals surface area (Å²) in [6.45, 7) is 3.44. The maximum Gasteiger partial charge on any atom is 0.316 e. The van der Waals surface area contributed by atoms with Crippen molar-refractivity contribution < 1.29 is 14.3 Å². The lowest BCUT2D eigenvalue weighted by Gasteiger charge is -2.34. The summed E-state index contributed by atoms with van der Waals surface area (Å²) in [5, 5.41) is 1.12. The zero-order valence-corrected chi connectivity index (χ0v) is 18.7. The molecule has 0 spiro atoms. The van der Waals surface area contributed by atoms with Crippen LogP contribution in [0.5, 0.6) is 6.01 Å². The second kappa shape index (κ2) is 9.60. The number of ether oxygens (including phenoxy) is 1. The van der Waals surface area contributed by atoms with Crippen molar-refractivity contribution >= 4 is 22.7 Å². The lowest BCUT2D eigenvalue weighted by atomic mass is 9.95. The maximum absolute atomic E-state index is 12.9. The summed E-state index contributed by atoms with van der Waals surface area (Å²) in [6, 6.07) is 10.2. The Labute approximate surface area is 193 Å². The molecule has 2 fully saturated rings. The molecule has 1 aromatic carbocycles. The number of hydrogen-bond donors (Lipinski definition) is 1. The number of aromatic amines is 1. The van der Waals surface area contributed by atoms with Crippen LogP contribution in [0.1, 0.15) is 24.8 Å². The Morgan fingerprint density at radius 2 is 1.88 bits per heavy atom. The second-order valence-electron chi connectivity index (χ2n) is 9.07. The molecule has 2 amide bonds. The Balaban J connectivity index is 1.07. The number of nitrogens with zero attached hydrogens (tertiary/aromatic N) is 4. The number of likely N-dealkylation sites (tertiary alicyclic amines) is 2. The number of benzene rings is 1. The fraction of sp³-hybridized carbons (Fsp3) is 0.440. The molecular weight excluding hydrogens is 418 g/mol. The first-order valence-corrected chi connectivity index (χ1v) is 11.7. The first-order chi connectivity index (χ1) is 16.2. The Hall–Kier alpha value is -3.42. The van der Waals surface area contributed by atoms with Gasteiger partial charge in [0.15, 0.2) is 0 Å². The lowest BCUT2D eigenvalue weighted by molar-refractivity contribution is -0.133. The van der Waals surface area contributed by atoms with E-state index in [1.165, 1.54) is 0 Å². The van der Waals surface area contributed by atoms with E-state index in [4.69, 9.17) is 4.74 Å². The van der Waals surface area contributed by atoms with Crippen molar-refractivity contribution in [1.29, 1.82) is 0 Å². The van der Waals surface area contributed by atoms with E-state index in [2.05, 4.69) is 21.0 Å². The molecular formula is C25H29N5O3. The van der Waals surface area contributed by atoms with Crippen LogP contribution in [0.3, 0.4) is 0 Å². The van der Waals surface area contributed by atoms with Crippen LogP contribution in [-0.2, 0) is 16.0 Å². The molecule has 0 radical (unpaired) electrons. The number of carbonyl (C=O) groups is 2. The summed E-state index contributed by atoms with van der Waals surface area (Å²) in [4.78, 5) is 40.7. The largest absolute Gasteiger partial charge is 0.463 e. The van der Waals surface area contributed by atoms with Gasteiger partial charge in [0.25, 0.3) is 0 Å². The highest BCUT2D eigenvalue weighted by atomic mass is 16.5. The van der Waals surface area contributed by atoms with Gasteiger partial charge in [-0.25, -0.2) is 9.97 Å². The van der Waals surface area contributed by atoms with Crippen molar-refractivity contribution in [1.82, 2.24) is 24.8 Å². The van der Waals surface area contributed by atoms with Crippen LogP contribution in [0.25, 0.3) is 10.9 Å². The number of piperidine rings is 1. The number of H-pyrrole nitrogens is 1. The summed E-state index contributed by atoms with van der Waals surface area (Å²) in [7, 11) is 0. The smallest absolute Gasteiger partial charge is 0.316 e. The van der Waals surface area contributed by atoms with Gasteiger partial charge in [-0.15, -0.1) is 0 Å². The molecule has 172 valence electrons. The molecule has 5 rings (SSSR count). The van der Waals surface area contributed by atoms with Crippen LogP contribution in [-0.4, -0.2) is 69.4 Å². The molecule has 1 N–H and O–H groups in total. The topological polar surface area (TPSA) is 91.4 Å². The quantitative estimate of drug-likeness (QED) is 0.601. The molecule has 2 aliphatic rings. The predicted octanol–water partition coefficient (Wildman–Crippen LogP) is 2.67. The average molecular weight is 448 g/mol. The molecule has 0 bridgehead atoms. The monoisotopic (exact) mass is 447 g/mol. The molecule has 0 aliphatic carbocycles. The highest BCUT2D eigenvalue weighted by Gasteiger charge is 2.33. The van der Waals surface area contributed by atoms with Crippen molar-refractivity contribution in [2.24, 2.45) is 11.8 Å². The Morgan fingerprint density at radius 3 is 2.70 bits per heavy atom. The fourth-order valence-corrected chi connectivity index (χ4v) is 4.92. The minimum absolute atomic E-state index is 0.166. The normalized spacial score (nSPS) is 19.4. The van der Waals surface area contributed by atoms with Crippen LogP contribution in [0, 0.1) is 11.8 Å². The van der Waals surface area contributed by atoms with Crippen LogP contribution < -0.4 is 4.74 Å². The molecule has 0 saturated carbocycles. The van der Waals surface area contributed by atoms with Gasteiger partial charge in [-0.3, -0.25) is 9.59 Å². The van der Waals surface area contributed by atoms with E-state index in [1.807, 2.05) is 34.2 Å². The molecule has 8 heteroatoms. The number of para-hydroxylation sites is 1. The van der Waals surface area contributed by atoms with Gasteiger partial charge < -0.3 is 19.5 Å². The number of rotatable bonds is 7. The van der Waals surface area contributed by atoms with Crippen molar-refractivity contribution in [2.45, 2.75) is 25.7 Å². The van der Waals surface area contributed by atoms with Gasteiger partial charge in [0.2, 0.25) is 11.8 Å². The Morgan fingerprint density at radius 1 is 1.09 bits per heavy atom. The van der Waals surface area contributed by atoms with E-state index in [0.717, 1.165) is 48.9 Å². The van der Waals surface area contributed by atoms with Gasteiger partial charge in [-0.1, -0.05) is 18.2 Å². The SMILES string of the molecule is O=C(Cc1c[nH]c2ccccc12)N1CCC(CN2CC(COc3ncccn3)CC2=O)CC1. The Bertz CT molecular complexity index is 1110. The summed E-state index contributed by atoms with van der Waals surface area (Å²) in [5.41, 5.74) is 2.11. The minimum atomic E-state index is 0.166. The van der Waals surface area contributed by atoms with Crippen molar-refractivity contribution in [3.63, 3.8) is 0 Å². The van der Waals surface area contributed by atoms with E-state index in [0.29, 0.717) is 37.9 Å². The van der Waals surface area contributed by atoms with Crippen LogP contribution >= 0.6 is 0 Å². The number of amides is 2. The average Bonchev–Trinajstić information content (AvgIpc) is 3.42. The first-order valence-electron chi connectivity index (χ1n) is 11.7. The molecule has 2 saturated heterocycles. The molecule has 1 atom stereocenters. The molecule has 8 nitrogen and oxygen atoms in total. The minimum Gasteiger partial charge on any atom is -0.463 e. The van der Waals surface area contributed by atoms with Gasteiger partial charge in [-0.05, 0) is 36.5 Å². The summed E-state index contributed by atoms with van der Waals surface area (Å²) in [6.07, 6.45) is 8.03. The van der Waals surface area contributed by atoms with Crippen molar-refractivity contribution in [3.8, 4) is 6.01 Å². The summed E-state index contributed by atoms with van der Waals surface area (Å²) in [5.74, 6) is 0.966. The van der Waals surface area contributed by atoms with Gasteiger partial charge in [-0.2, -0.15) is 0 Å².